The Morgan fingerprint density at radius 1 is 1.14 bits per heavy atom. The Morgan fingerprint density at radius 3 is 2.21 bits per heavy atom. The van der Waals surface area contributed by atoms with Gasteiger partial charge in [-0.25, -0.2) is 0 Å². The summed E-state index contributed by atoms with van der Waals surface area (Å²) in [6.45, 7) is 4.89. The predicted molar refractivity (Wildman–Crippen MR) is 60.4 cm³/mol. The molecule has 0 atom stereocenters. The molecule has 0 aliphatic heterocycles. The third kappa shape index (κ3) is 3.58. The number of nitrogens with one attached hydrogen (secondary N) is 1. The van der Waals surface area contributed by atoms with Crippen LogP contribution >= 0.6 is 0 Å². The monoisotopic (exact) mass is 199 g/mol. The van der Waals surface area contributed by atoms with Gasteiger partial charge in [-0.2, -0.15) is 0 Å². The van der Waals surface area contributed by atoms with Gasteiger partial charge in [0.15, 0.2) is 0 Å². The fourth-order valence-corrected chi connectivity index (χ4v) is 2.14. The fraction of sp³-hybridized carbons (Fsp3) is 1.00. The molecule has 2 nitrogen and oxygen atoms in total. The van der Waals surface area contributed by atoms with Gasteiger partial charge in [0.25, 0.3) is 0 Å². The average Bonchev–Trinajstić information content (AvgIpc) is 2.27. The van der Waals surface area contributed by atoms with Gasteiger partial charge < -0.3 is 10.4 Å². The summed E-state index contributed by atoms with van der Waals surface area (Å²) in [5, 5.41) is 13.6. The molecule has 84 valence electrons. The SMILES string of the molecule is CCC(O)(CC)CNC1CCCCC1. The second-order valence-corrected chi connectivity index (χ2v) is 4.65. The molecule has 0 aromatic carbocycles. The van der Waals surface area contributed by atoms with Crippen LogP contribution in [0.1, 0.15) is 58.8 Å². The lowest BCUT2D eigenvalue weighted by atomic mass is 9.93. The van der Waals surface area contributed by atoms with E-state index >= 15 is 0 Å². The van der Waals surface area contributed by atoms with Gasteiger partial charge in [-0.05, 0) is 25.7 Å². The van der Waals surface area contributed by atoms with E-state index in [-0.39, 0.29) is 0 Å². The number of hydrogen-bond acceptors (Lipinski definition) is 2. The Balaban J connectivity index is 2.23. The molecule has 0 aromatic heterocycles. The molecule has 0 unspecified atom stereocenters. The van der Waals surface area contributed by atoms with Gasteiger partial charge >= 0.3 is 0 Å². The highest BCUT2D eigenvalue weighted by molar-refractivity contribution is 4.81. The van der Waals surface area contributed by atoms with Crippen LogP contribution in [0, 0.1) is 0 Å². The molecule has 1 fully saturated rings. The lowest BCUT2D eigenvalue weighted by molar-refractivity contribution is 0.0286. The number of hydrogen-bond donors (Lipinski definition) is 2. The van der Waals surface area contributed by atoms with Crippen LogP contribution < -0.4 is 5.32 Å². The Morgan fingerprint density at radius 2 is 1.71 bits per heavy atom. The molecular formula is C12H25NO. The van der Waals surface area contributed by atoms with Crippen molar-refractivity contribution in [3.63, 3.8) is 0 Å². The molecule has 0 aromatic rings. The van der Waals surface area contributed by atoms with E-state index in [0.717, 1.165) is 19.4 Å². The maximum atomic E-state index is 10.1. The van der Waals surface area contributed by atoms with Gasteiger partial charge in [0, 0.05) is 12.6 Å². The fourth-order valence-electron chi connectivity index (χ4n) is 2.14. The first-order chi connectivity index (χ1) is 6.70. The molecular weight excluding hydrogens is 174 g/mol. The Kier molecular flexibility index (Phi) is 4.90. The van der Waals surface area contributed by atoms with Crippen molar-refractivity contribution in [1.82, 2.24) is 5.32 Å². The van der Waals surface area contributed by atoms with Gasteiger partial charge in [-0.1, -0.05) is 33.1 Å². The third-order valence-corrected chi connectivity index (χ3v) is 3.64. The Bertz CT molecular complexity index is 148. The second kappa shape index (κ2) is 5.72. The van der Waals surface area contributed by atoms with Crippen molar-refractivity contribution in [3.05, 3.63) is 0 Å². The normalized spacial score (nSPS) is 19.9. The molecule has 2 N–H and O–H groups in total. The molecule has 0 radical (unpaired) electrons. The summed E-state index contributed by atoms with van der Waals surface area (Å²) in [5.74, 6) is 0. The van der Waals surface area contributed by atoms with Crippen LogP contribution in [0.25, 0.3) is 0 Å². The van der Waals surface area contributed by atoms with Gasteiger partial charge in [0.1, 0.15) is 0 Å². The zero-order valence-electron chi connectivity index (χ0n) is 9.68. The zero-order valence-corrected chi connectivity index (χ0v) is 9.68. The maximum absolute atomic E-state index is 10.1. The minimum Gasteiger partial charge on any atom is -0.389 e. The van der Waals surface area contributed by atoms with Gasteiger partial charge in [0.05, 0.1) is 5.60 Å². The zero-order chi connectivity index (χ0) is 10.4. The molecule has 0 saturated heterocycles. The van der Waals surface area contributed by atoms with E-state index in [1.54, 1.807) is 0 Å². The summed E-state index contributed by atoms with van der Waals surface area (Å²) in [5.41, 5.74) is -0.475. The van der Waals surface area contributed by atoms with E-state index in [1.165, 1.54) is 32.1 Å². The van der Waals surface area contributed by atoms with Crippen LogP contribution in [0.15, 0.2) is 0 Å². The van der Waals surface area contributed by atoms with Gasteiger partial charge in [0.2, 0.25) is 0 Å². The van der Waals surface area contributed by atoms with Gasteiger partial charge in [-0.15, -0.1) is 0 Å². The molecule has 14 heavy (non-hydrogen) atoms. The summed E-state index contributed by atoms with van der Waals surface area (Å²) in [7, 11) is 0. The molecule has 0 heterocycles. The first-order valence-corrected chi connectivity index (χ1v) is 6.16. The molecule has 2 heteroatoms. The molecule has 1 aliphatic rings. The number of rotatable bonds is 5. The van der Waals surface area contributed by atoms with Crippen LogP contribution in [0.5, 0.6) is 0 Å². The van der Waals surface area contributed by atoms with Crippen LogP contribution in [0.4, 0.5) is 0 Å². The van der Waals surface area contributed by atoms with Crippen LogP contribution in [0.3, 0.4) is 0 Å². The third-order valence-electron chi connectivity index (χ3n) is 3.64. The van der Waals surface area contributed by atoms with Crippen LogP contribution in [-0.2, 0) is 0 Å². The molecule has 1 rings (SSSR count). The standard InChI is InChI=1S/C12H25NO/c1-3-12(14,4-2)10-13-11-8-6-5-7-9-11/h11,13-14H,3-10H2,1-2H3. The van der Waals surface area contributed by atoms with E-state index in [0.29, 0.717) is 6.04 Å². The Hall–Kier alpha value is -0.0800. The smallest absolute Gasteiger partial charge is 0.0766 e. The van der Waals surface area contributed by atoms with E-state index in [2.05, 4.69) is 19.2 Å². The summed E-state index contributed by atoms with van der Waals surface area (Å²) in [6.07, 6.45) is 8.39. The van der Waals surface area contributed by atoms with E-state index in [9.17, 15) is 5.11 Å². The summed E-state index contributed by atoms with van der Waals surface area (Å²) in [6, 6.07) is 0.661. The van der Waals surface area contributed by atoms with E-state index < -0.39 is 5.60 Å². The number of aliphatic hydroxyl groups is 1. The first kappa shape index (κ1) is 12.0. The highest BCUT2D eigenvalue weighted by Crippen LogP contribution is 2.19. The average molecular weight is 199 g/mol. The lowest BCUT2D eigenvalue weighted by Crippen LogP contribution is -2.44. The van der Waals surface area contributed by atoms with E-state index in [4.69, 9.17) is 0 Å². The summed E-state index contributed by atoms with van der Waals surface area (Å²) >= 11 is 0. The highest BCUT2D eigenvalue weighted by atomic mass is 16.3. The van der Waals surface area contributed by atoms with Crippen molar-refractivity contribution < 1.29 is 5.11 Å². The molecule has 0 amide bonds. The molecule has 0 spiro atoms. The van der Waals surface area contributed by atoms with Crippen molar-refractivity contribution in [1.29, 1.82) is 0 Å². The van der Waals surface area contributed by atoms with Gasteiger partial charge in [-0.3, -0.25) is 0 Å². The maximum Gasteiger partial charge on any atom is 0.0766 e. The highest BCUT2D eigenvalue weighted by Gasteiger charge is 2.23. The van der Waals surface area contributed by atoms with Crippen molar-refractivity contribution in [2.75, 3.05) is 6.54 Å². The summed E-state index contributed by atoms with van der Waals surface area (Å²) in [4.78, 5) is 0. The topological polar surface area (TPSA) is 32.3 Å². The molecule has 1 aliphatic carbocycles. The van der Waals surface area contributed by atoms with Crippen molar-refractivity contribution >= 4 is 0 Å². The van der Waals surface area contributed by atoms with Crippen molar-refractivity contribution in [3.8, 4) is 0 Å². The lowest BCUT2D eigenvalue weighted by Gasteiger charge is -2.30. The van der Waals surface area contributed by atoms with Crippen LogP contribution in [-0.4, -0.2) is 23.3 Å². The molecule has 1 saturated carbocycles. The van der Waals surface area contributed by atoms with Crippen molar-refractivity contribution in [2.45, 2.75) is 70.4 Å². The minimum atomic E-state index is -0.475. The predicted octanol–water partition coefficient (Wildman–Crippen LogP) is 2.46. The minimum absolute atomic E-state index is 0.475. The van der Waals surface area contributed by atoms with E-state index in [1.807, 2.05) is 0 Å². The van der Waals surface area contributed by atoms with Crippen LogP contribution in [0.2, 0.25) is 0 Å². The Labute approximate surface area is 88.1 Å². The second-order valence-electron chi connectivity index (χ2n) is 4.65. The van der Waals surface area contributed by atoms with Crippen molar-refractivity contribution in [2.24, 2.45) is 0 Å². The first-order valence-electron chi connectivity index (χ1n) is 6.16. The summed E-state index contributed by atoms with van der Waals surface area (Å²) < 4.78 is 0. The quantitative estimate of drug-likeness (QED) is 0.713. The molecule has 0 bridgehead atoms. The largest absolute Gasteiger partial charge is 0.389 e.